The van der Waals surface area contributed by atoms with E-state index in [0.29, 0.717) is 24.9 Å². The normalized spacial score (nSPS) is 22.6. The van der Waals surface area contributed by atoms with Gasteiger partial charge in [0.1, 0.15) is 0 Å². The van der Waals surface area contributed by atoms with Gasteiger partial charge < -0.3 is 15.0 Å². The van der Waals surface area contributed by atoms with Crippen LogP contribution in [0, 0.1) is 0 Å². The molecule has 0 spiro atoms. The van der Waals surface area contributed by atoms with Gasteiger partial charge in [-0.05, 0) is 43.4 Å². The maximum absolute atomic E-state index is 6.50. The highest BCUT2D eigenvalue weighted by molar-refractivity contribution is 6.30. The summed E-state index contributed by atoms with van der Waals surface area (Å²) in [5, 5.41) is 4.98. The molecule has 24 heavy (non-hydrogen) atoms. The monoisotopic (exact) mass is 347 g/mol. The quantitative estimate of drug-likeness (QED) is 0.919. The number of benzene rings is 1. The second kappa shape index (κ2) is 6.14. The molecule has 1 aromatic carbocycles. The van der Waals surface area contributed by atoms with Gasteiger partial charge in [0.15, 0.2) is 5.82 Å². The van der Waals surface area contributed by atoms with Crippen LogP contribution < -0.4 is 5.73 Å². The first-order valence-corrected chi connectivity index (χ1v) is 8.98. The van der Waals surface area contributed by atoms with E-state index in [9.17, 15) is 0 Å². The fraction of sp³-hybridized carbons (Fsp3) is 0.556. The lowest BCUT2D eigenvalue weighted by Crippen LogP contribution is -2.37. The molecular weight excluding hydrogens is 326 g/mol. The number of halogens is 1. The molecule has 0 unspecified atom stereocenters. The molecule has 6 heteroatoms. The van der Waals surface area contributed by atoms with Crippen molar-refractivity contribution in [2.24, 2.45) is 5.73 Å². The van der Waals surface area contributed by atoms with Gasteiger partial charge >= 0.3 is 0 Å². The molecule has 0 radical (unpaired) electrons. The van der Waals surface area contributed by atoms with Crippen molar-refractivity contribution in [1.82, 2.24) is 10.1 Å². The lowest BCUT2D eigenvalue weighted by Gasteiger charge is -2.34. The smallest absolute Gasteiger partial charge is 0.237 e. The summed E-state index contributed by atoms with van der Waals surface area (Å²) in [6.07, 6.45) is 5.71. The Morgan fingerprint density at radius 1 is 1.00 bits per heavy atom. The van der Waals surface area contributed by atoms with Crippen molar-refractivity contribution in [2.45, 2.75) is 49.5 Å². The third kappa shape index (κ3) is 2.65. The Hall–Kier alpha value is -1.43. The van der Waals surface area contributed by atoms with Gasteiger partial charge in [-0.3, -0.25) is 0 Å². The Labute approximate surface area is 146 Å². The molecule has 128 valence electrons. The predicted octanol–water partition coefficient (Wildman–Crippen LogP) is 3.55. The molecule has 1 saturated carbocycles. The van der Waals surface area contributed by atoms with Gasteiger partial charge in [0.2, 0.25) is 5.89 Å². The summed E-state index contributed by atoms with van der Waals surface area (Å²) in [6, 6.07) is 7.91. The van der Waals surface area contributed by atoms with Gasteiger partial charge in [0.05, 0.1) is 11.0 Å². The summed E-state index contributed by atoms with van der Waals surface area (Å²) in [5.41, 5.74) is 6.89. The van der Waals surface area contributed by atoms with E-state index in [1.165, 1.54) is 0 Å². The third-order valence-corrected chi connectivity index (χ3v) is 5.77. The Kier molecular flexibility index (Phi) is 4.11. The first-order chi connectivity index (χ1) is 11.6. The Bertz CT molecular complexity index is 701. The van der Waals surface area contributed by atoms with Crippen LogP contribution in [0.1, 0.15) is 55.8 Å². The van der Waals surface area contributed by atoms with Crippen LogP contribution in [-0.4, -0.2) is 23.4 Å². The second-order valence-electron chi connectivity index (χ2n) is 6.99. The first kappa shape index (κ1) is 16.1. The Morgan fingerprint density at radius 3 is 2.33 bits per heavy atom. The summed E-state index contributed by atoms with van der Waals surface area (Å²) in [4.78, 5) is 4.77. The molecular formula is C18H22ClN3O2. The van der Waals surface area contributed by atoms with Gasteiger partial charge in [0, 0.05) is 18.2 Å². The van der Waals surface area contributed by atoms with E-state index < -0.39 is 5.54 Å². The number of nitrogens with two attached hydrogens (primary N) is 1. The lowest BCUT2D eigenvalue weighted by atomic mass is 9.74. The molecule has 2 fully saturated rings. The first-order valence-electron chi connectivity index (χ1n) is 8.60. The minimum Gasteiger partial charge on any atom is -0.381 e. The van der Waals surface area contributed by atoms with E-state index in [2.05, 4.69) is 5.16 Å². The molecule has 0 atom stereocenters. The number of ether oxygens (including phenoxy) is 1. The topological polar surface area (TPSA) is 74.2 Å². The average molecular weight is 348 g/mol. The molecule has 2 aliphatic rings. The van der Waals surface area contributed by atoms with E-state index in [1.807, 2.05) is 24.3 Å². The molecule has 1 aliphatic carbocycles. The van der Waals surface area contributed by atoms with Gasteiger partial charge in [-0.15, -0.1) is 0 Å². The molecule has 4 rings (SSSR count). The highest BCUT2D eigenvalue weighted by Gasteiger charge is 2.44. The highest BCUT2D eigenvalue weighted by Crippen LogP contribution is 2.42. The summed E-state index contributed by atoms with van der Waals surface area (Å²) in [5.74, 6) is 1.30. The molecule has 1 aliphatic heterocycles. The standard InChI is InChI=1S/C18H22ClN3O2/c19-14-5-3-13(4-6-14)17(9-11-23-12-10-17)16-21-15(22-24-16)18(20)7-1-2-8-18/h3-6H,1-2,7-12,20H2. The van der Waals surface area contributed by atoms with E-state index in [-0.39, 0.29) is 5.41 Å². The molecule has 2 aromatic rings. The Morgan fingerprint density at radius 2 is 1.67 bits per heavy atom. The number of aromatic nitrogens is 2. The molecule has 1 aromatic heterocycles. The average Bonchev–Trinajstić information content (AvgIpc) is 3.26. The molecule has 1 saturated heterocycles. The van der Waals surface area contributed by atoms with E-state index >= 15 is 0 Å². The number of nitrogens with zero attached hydrogens (tertiary/aromatic N) is 2. The fourth-order valence-corrected chi connectivity index (χ4v) is 4.09. The van der Waals surface area contributed by atoms with Crippen molar-refractivity contribution in [3.05, 3.63) is 46.6 Å². The van der Waals surface area contributed by atoms with Crippen molar-refractivity contribution in [1.29, 1.82) is 0 Å². The molecule has 2 N–H and O–H groups in total. The van der Waals surface area contributed by atoms with Gasteiger partial charge in [-0.1, -0.05) is 41.7 Å². The van der Waals surface area contributed by atoms with Crippen LogP contribution >= 0.6 is 11.6 Å². The van der Waals surface area contributed by atoms with Crippen molar-refractivity contribution in [3.63, 3.8) is 0 Å². The van der Waals surface area contributed by atoms with Crippen LogP contribution in [-0.2, 0) is 15.7 Å². The zero-order valence-electron chi connectivity index (χ0n) is 13.6. The summed E-state index contributed by atoms with van der Waals surface area (Å²) in [6.45, 7) is 1.35. The van der Waals surface area contributed by atoms with Gasteiger partial charge in [-0.2, -0.15) is 4.98 Å². The zero-order valence-corrected chi connectivity index (χ0v) is 14.4. The summed E-state index contributed by atoms with van der Waals surface area (Å²) < 4.78 is 11.3. The van der Waals surface area contributed by atoms with E-state index in [0.717, 1.165) is 49.1 Å². The van der Waals surface area contributed by atoms with Crippen molar-refractivity contribution in [2.75, 3.05) is 13.2 Å². The summed E-state index contributed by atoms with van der Waals surface area (Å²) in [7, 11) is 0. The maximum atomic E-state index is 6.50. The van der Waals surface area contributed by atoms with E-state index in [4.69, 9.17) is 31.6 Å². The molecule has 0 bridgehead atoms. The molecule has 0 amide bonds. The highest BCUT2D eigenvalue weighted by atomic mass is 35.5. The lowest BCUT2D eigenvalue weighted by molar-refractivity contribution is 0.0523. The largest absolute Gasteiger partial charge is 0.381 e. The van der Waals surface area contributed by atoms with Crippen molar-refractivity contribution in [3.8, 4) is 0 Å². The van der Waals surface area contributed by atoms with Crippen LogP contribution in [0.25, 0.3) is 0 Å². The van der Waals surface area contributed by atoms with Crippen LogP contribution in [0.15, 0.2) is 28.8 Å². The zero-order chi connectivity index (χ0) is 16.6. The second-order valence-corrected chi connectivity index (χ2v) is 7.42. The molecule has 5 nitrogen and oxygen atoms in total. The van der Waals surface area contributed by atoms with Crippen molar-refractivity contribution >= 4 is 11.6 Å². The number of hydrogen-bond donors (Lipinski definition) is 1. The van der Waals surface area contributed by atoms with Gasteiger partial charge in [0.25, 0.3) is 0 Å². The fourth-order valence-electron chi connectivity index (χ4n) is 3.96. The minimum atomic E-state index is -0.436. The van der Waals surface area contributed by atoms with Crippen LogP contribution in [0.2, 0.25) is 5.02 Å². The summed E-state index contributed by atoms with van der Waals surface area (Å²) >= 11 is 6.06. The SMILES string of the molecule is NC1(c2noc(C3(c4ccc(Cl)cc4)CCOCC3)n2)CCCC1. The predicted molar refractivity (Wildman–Crippen MR) is 90.9 cm³/mol. The van der Waals surface area contributed by atoms with Crippen LogP contribution in [0.3, 0.4) is 0 Å². The number of hydrogen-bond acceptors (Lipinski definition) is 5. The van der Waals surface area contributed by atoms with Crippen LogP contribution in [0.4, 0.5) is 0 Å². The minimum absolute atomic E-state index is 0.316. The number of rotatable bonds is 3. The van der Waals surface area contributed by atoms with Crippen molar-refractivity contribution < 1.29 is 9.26 Å². The third-order valence-electron chi connectivity index (χ3n) is 5.52. The maximum Gasteiger partial charge on any atom is 0.237 e. The molecule has 2 heterocycles. The Balaban J connectivity index is 1.74. The van der Waals surface area contributed by atoms with Gasteiger partial charge in [-0.25, -0.2) is 0 Å². The van der Waals surface area contributed by atoms with Crippen LogP contribution in [0.5, 0.6) is 0 Å². The van der Waals surface area contributed by atoms with E-state index in [1.54, 1.807) is 0 Å².